The maximum Gasteiger partial charge on any atom is 0.239 e. The highest BCUT2D eigenvalue weighted by Gasteiger charge is 2.27. The van der Waals surface area contributed by atoms with Gasteiger partial charge >= 0.3 is 0 Å². The summed E-state index contributed by atoms with van der Waals surface area (Å²) in [7, 11) is 1.77. The third-order valence-electron chi connectivity index (χ3n) is 3.79. The second kappa shape index (κ2) is 6.10. The number of nitrogens with two attached hydrogens (primary N) is 1. The quantitative estimate of drug-likeness (QED) is 0.928. The fraction of sp³-hybridized carbons (Fsp3) is 0.688. The average molecular weight is 293 g/mol. The molecule has 0 aliphatic carbocycles. The lowest BCUT2D eigenvalue weighted by Gasteiger charge is -2.37. The van der Waals surface area contributed by atoms with Crippen LogP contribution in [0.25, 0.3) is 0 Å². The highest BCUT2D eigenvalue weighted by Crippen LogP contribution is 2.29. The zero-order chi connectivity index (χ0) is 15.6. The average Bonchev–Trinajstić information content (AvgIpc) is 2.40. The van der Waals surface area contributed by atoms with Crippen molar-refractivity contribution in [3.63, 3.8) is 0 Å². The van der Waals surface area contributed by atoms with Gasteiger partial charge < -0.3 is 20.1 Å². The molecular formula is C16H27N3O2. The first-order chi connectivity index (χ1) is 9.80. The molecule has 2 heterocycles. The Kier molecular flexibility index (Phi) is 4.61. The number of anilines is 2. The van der Waals surface area contributed by atoms with Gasteiger partial charge in [0.15, 0.2) is 0 Å². The van der Waals surface area contributed by atoms with E-state index in [1.165, 1.54) is 0 Å². The molecule has 1 aliphatic rings. The van der Waals surface area contributed by atoms with Gasteiger partial charge in [-0.25, -0.2) is 0 Å². The van der Waals surface area contributed by atoms with E-state index >= 15 is 0 Å². The fourth-order valence-corrected chi connectivity index (χ4v) is 2.54. The molecule has 0 spiro atoms. The smallest absolute Gasteiger partial charge is 0.239 e. The molecule has 0 aromatic carbocycles. The number of pyridine rings is 1. The molecule has 0 radical (unpaired) electrons. The summed E-state index contributed by atoms with van der Waals surface area (Å²) in [6, 6.07) is 3.82. The van der Waals surface area contributed by atoms with Gasteiger partial charge in [-0.2, -0.15) is 4.98 Å². The maximum atomic E-state index is 5.97. The highest BCUT2D eigenvalue weighted by atomic mass is 16.5. The van der Waals surface area contributed by atoms with E-state index in [1.807, 2.05) is 32.9 Å². The molecule has 1 aromatic heterocycles. The van der Waals surface area contributed by atoms with Crippen LogP contribution < -0.4 is 15.4 Å². The monoisotopic (exact) mass is 293 g/mol. The minimum Gasteiger partial charge on any atom is -0.470 e. The van der Waals surface area contributed by atoms with Gasteiger partial charge in [-0.15, -0.1) is 0 Å². The van der Waals surface area contributed by atoms with Crippen LogP contribution in [0.5, 0.6) is 5.88 Å². The first-order valence-corrected chi connectivity index (χ1v) is 7.53. The van der Waals surface area contributed by atoms with Gasteiger partial charge in [0.25, 0.3) is 0 Å². The van der Waals surface area contributed by atoms with Gasteiger partial charge in [0, 0.05) is 20.2 Å². The highest BCUT2D eigenvalue weighted by molar-refractivity contribution is 5.55. The first kappa shape index (κ1) is 15.9. The number of aromatic nitrogens is 1. The number of hydrogen-bond donors (Lipinski definition) is 1. The number of nitrogen functional groups attached to an aromatic ring is 1. The van der Waals surface area contributed by atoms with Gasteiger partial charge in [-0.3, -0.25) is 0 Å². The number of nitrogens with zero attached hydrogens (tertiary/aromatic N) is 2. The van der Waals surface area contributed by atoms with Gasteiger partial charge in [-0.05, 0) is 45.2 Å². The summed E-state index contributed by atoms with van der Waals surface area (Å²) in [5, 5.41) is 0. The molecule has 5 nitrogen and oxygen atoms in total. The molecule has 21 heavy (non-hydrogen) atoms. The molecule has 5 heteroatoms. The van der Waals surface area contributed by atoms with Crippen LogP contribution in [0.3, 0.4) is 0 Å². The van der Waals surface area contributed by atoms with E-state index < -0.39 is 0 Å². The lowest BCUT2D eigenvalue weighted by molar-refractivity contribution is 0.0495. The molecule has 2 rings (SSSR count). The van der Waals surface area contributed by atoms with Crippen molar-refractivity contribution in [1.29, 1.82) is 0 Å². The molecule has 1 fully saturated rings. The van der Waals surface area contributed by atoms with Crippen molar-refractivity contribution in [2.24, 2.45) is 5.92 Å². The minimum absolute atomic E-state index is 0.241. The summed E-state index contributed by atoms with van der Waals surface area (Å²) in [5.74, 6) is 1.98. The Balaban J connectivity index is 2.19. The molecule has 0 amide bonds. The largest absolute Gasteiger partial charge is 0.470 e. The molecule has 1 aliphatic heterocycles. The number of methoxy groups -OCH3 is 1. The van der Waals surface area contributed by atoms with Crippen molar-refractivity contribution in [1.82, 2.24) is 4.98 Å². The Hall–Kier alpha value is -1.49. The van der Waals surface area contributed by atoms with Crippen LogP contribution >= 0.6 is 0 Å². The van der Waals surface area contributed by atoms with Crippen LogP contribution in [0.4, 0.5) is 11.5 Å². The van der Waals surface area contributed by atoms with Crippen molar-refractivity contribution < 1.29 is 9.47 Å². The number of rotatable bonds is 3. The third kappa shape index (κ3) is 4.00. The van der Waals surface area contributed by atoms with Crippen LogP contribution in [0, 0.1) is 5.92 Å². The topological polar surface area (TPSA) is 60.6 Å². The van der Waals surface area contributed by atoms with Gasteiger partial charge in [0.05, 0.1) is 11.8 Å². The van der Waals surface area contributed by atoms with Crippen molar-refractivity contribution in [3.05, 3.63) is 12.1 Å². The molecule has 2 atom stereocenters. The zero-order valence-electron chi connectivity index (χ0n) is 13.7. The number of hydrogen-bond acceptors (Lipinski definition) is 5. The van der Waals surface area contributed by atoms with Crippen LogP contribution in [0.1, 0.15) is 34.1 Å². The van der Waals surface area contributed by atoms with Crippen LogP contribution in [-0.2, 0) is 4.74 Å². The van der Waals surface area contributed by atoms with E-state index in [2.05, 4.69) is 16.8 Å². The number of ether oxygens (including phenoxy) is 2. The minimum atomic E-state index is -0.314. The predicted molar refractivity (Wildman–Crippen MR) is 85.8 cm³/mol. The van der Waals surface area contributed by atoms with Crippen LogP contribution in [-0.4, -0.2) is 36.9 Å². The summed E-state index contributed by atoms with van der Waals surface area (Å²) in [4.78, 5) is 6.84. The molecule has 1 aromatic rings. The zero-order valence-corrected chi connectivity index (χ0v) is 13.7. The van der Waals surface area contributed by atoms with E-state index in [0.29, 0.717) is 17.5 Å². The molecule has 0 bridgehead atoms. The lowest BCUT2D eigenvalue weighted by Crippen LogP contribution is -2.44. The molecule has 0 saturated carbocycles. The second-order valence-corrected chi connectivity index (χ2v) is 6.76. The Labute approximate surface area is 127 Å². The van der Waals surface area contributed by atoms with Crippen LogP contribution in [0.15, 0.2) is 12.1 Å². The Morgan fingerprint density at radius 1 is 1.33 bits per heavy atom. The summed E-state index contributed by atoms with van der Waals surface area (Å²) < 4.78 is 11.4. The van der Waals surface area contributed by atoms with Gasteiger partial charge in [0.1, 0.15) is 11.4 Å². The van der Waals surface area contributed by atoms with E-state index in [-0.39, 0.29) is 11.7 Å². The Morgan fingerprint density at radius 2 is 2.05 bits per heavy atom. The van der Waals surface area contributed by atoms with Gasteiger partial charge in [0.2, 0.25) is 5.88 Å². The first-order valence-electron chi connectivity index (χ1n) is 7.53. The molecule has 1 saturated heterocycles. The molecular weight excluding hydrogens is 266 g/mol. The third-order valence-corrected chi connectivity index (χ3v) is 3.79. The summed E-state index contributed by atoms with van der Waals surface area (Å²) >= 11 is 0. The molecule has 2 unspecified atom stereocenters. The second-order valence-electron chi connectivity index (χ2n) is 6.76. The van der Waals surface area contributed by atoms with E-state index in [4.69, 9.17) is 15.2 Å². The summed E-state index contributed by atoms with van der Waals surface area (Å²) in [6.45, 7) is 10.0. The Morgan fingerprint density at radius 3 is 2.67 bits per heavy atom. The summed E-state index contributed by atoms with van der Waals surface area (Å²) in [5.41, 5.74) is 6.23. The van der Waals surface area contributed by atoms with Crippen molar-refractivity contribution >= 4 is 11.5 Å². The van der Waals surface area contributed by atoms with Crippen LogP contribution in [0.2, 0.25) is 0 Å². The normalized spacial score (nSPS) is 23.2. The van der Waals surface area contributed by atoms with Crippen molar-refractivity contribution in [2.45, 2.75) is 45.8 Å². The standard InChI is InChI=1S/C16H27N3O2/c1-11-8-9-19(10-13(11)20-5)14-7-6-12(17)15(18-14)21-16(2,3)4/h6-7,11,13H,8-10,17H2,1-5H3. The fourth-order valence-electron chi connectivity index (χ4n) is 2.54. The predicted octanol–water partition coefficient (Wildman–Crippen LogP) is 2.70. The number of piperidine rings is 1. The Bertz CT molecular complexity index is 485. The van der Waals surface area contributed by atoms with E-state index in [9.17, 15) is 0 Å². The van der Waals surface area contributed by atoms with Crippen molar-refractivity contribution in [3.8, 4) is 5.88 Å². The van der Waals surface area contributed by atoms with E-state index in [0.717, 1.165) is 25.3 Å². The van der Waals surface area contributed by atoms with E-state index in [1.54, 1.807) is 7.11 Å². The lowest BCUT2D eigenvalue weighted by atomic mass is 9.96. The molecule has 118 valence electrons. The SMILES string of the molecule is COC1CN(c2ccc(N)c(OC(C)(C)C)n2)CCC1C. The maximum absolute atomic E-state index is 5.97. The summed E-state index contributed by atoms with van der Waals surface area (Å²) in [6.07, 6.45) is 1.34. The molecule has 2 N–H and O–H groups in total. The van der Waals surface area contributed by atoms with Gasteiger partial charge in [-0.1, -0.05) is 6.92 Å². The van der Waals surface area contributed by atoms with Crippen molar-refractivity contribution in [2.75, 3.05) is 30.8 Å².